The Bertz CT molecular complexity index is 233. The molecule has 5 nitrogen and oxygen atoms in total. The van der Waals surface area contributed by atoms with Crippen molar-refractivity contribution in [3.63, 3.8) is 0 Å². The maximum Gasteiger partial charge on any atom is 0.342 e. The highest BCUT2D eigenvalue weighted by Crippen LogP contribution is 2.53. The number of carbonyl (C=O) groups is 1. The average Bonchev–Trinajstić information content (AvgIpc) is 2.01. The van der Waals surface area contributed by atoms with Crippen molar-refractivity contribution in [3.8, 4) is 0 Å². The molecule has 0 rings (SSSR count). The smallest absolute Gasteiger partial charge is 0.342 e. The number of hydrogen-bond donors (Lipinski definition) is 2. The van der Waals surface area contributed by atoms with E-state index in [9.17, 15) is 9.36 Å². The molecular weight excluding hydrogens is 195 g/mol. The molecule has 0 aromatic heterocycles. The molecule has 0 aliphatic carbocycles. The number of rotatable bonds is 4. The van der Waals surface area contributed by atoms with Gasteiger partial charge in [-0.1, -0.05) is 13.3 Å². The Balaban J connectivity index is 4.95. The SMILES string of the molecule is CCCC(C)(C(=O)OC)P(=O)(O)O. The van der Waals surface area contributed by atoms with Gasteiger partial charge in [0.15, 0.2) is 5.16 Å². The summed E-state index contributed by atoms with van der Waals surface area (Å²) in [5.41, 5.74) is 0. The van der Waals surface area contributed by atoms with Crippen molar-refractivity contribution < 1.29 is 23.9 Å². The Morgan fingerprint density at radius 1 is 1.54 bits per heavy atom. The third kappa shape index (κ3) is 2.53. The average molecular weight is 210 g/mol. The molecule has 6 heteroatoms. The zero-order valence-electron chi connectivity index (χ0n) is 7.98. The van der Waals surface area contributed by atoms with E-state index >= 15 is 0 Å². The molecule has 0 radical (unpaired) electrons. The number of methoxy groups -OCH3 is 1. The van der Waals surface area contributed by atoms with E-state index in [0.29, 0.717) is 6.42 Å². The van der Waals surface area contributed by atoms with Crippen molar-refractivity contribution in [2.75, 3.05) is 7.11 Å². The maximum absolute atomic E-state index is 11.2. The monoisotopic (exact) mass is 210 g/mol. The van der Waals surface area contributed by atoms with Crippen LogP contribution in [0.2, 0.25) is 0 Å². The molecule has 0 saturated carbocycles. The van der Waals surface area contributed by atoms with Crippen molar-refractivity contribution in [1.82, 2.24) is 0 Å². The third-order valence-corrected chi connectivity index (χ3v) is 3.70. The van der Waals surface area contributed by atoms with Gasteiger partial charge in [0.25, 0.3) is 0 Å². The Hall–Kier alpha value is -0.380. The molecule has 0 fully saturated rings. The minimum absolute atomic E-state index is 0.115. The van der Waals surface area contributed by atoms with Crippen LogP contribution in [0, 0.1) is 0 Å². The summed E-state index contributed by atoms with van der Waals surface area (Å²) in [6.07, 6.45) is 0.626. The van der Waals surface area contributed by atoms with Crippen LogP contribution in [0.5, 0.6) is 0 Å². The van der Waals surface area contributed by atoms with Crippen LogP contribution in [0.4, 0.5) is 0 Å². The van der Waals surface area contributed by atoms with Crippen LogP contribution in [0.15, 0.2) is 0 Å². The van der Waals surface area contributed by atoms with E-state index in [1.54, 1.807) is 6.92 Å². The Labute approximate surface area is 77.3 Å². The van der Waals surface area contributed by atoms with Crippen molar-refractivity contribution in [3.05, 3.63) is 0 Å². The Morgan fingerprint density at radius 2 is 2.00 bits per heavy atom. The second kappa shape index (κ2) is 4.22. The number of hydrogen-bond acceptors (Lipinski definition) is 3. The highest BCUT2D eigenvalue weighted by molar-refractivity contribution is 7.54. The molecule has 0 amide bonds. The molecule has 1 atom stereocenters. The summed E-state index contributed by atoms with van der Waals surface area (Å²) in [4.78, 5) is 29.1. The second-order valence-corrected chi connectivity index (χ2v) is 5.13. The fourth-order valence-electron chi connectivity index (χ4n) is 1.07. The van der Waals surface area contributed by atoms with Crippen molar-refractivity contribution in [1.29, 1.82) is 0 Å². The molecule has 78 valence electrons. The Morgan fingerprint density at radius 3 is 2.23 bits per heavy atom. The molecule has 0 saturated heterocycles. The number of esters is 1. The van der Waals surface area contributed by atoms with Crippen molar-refractivity contribution >= 4 is 13.6 Å². The lowest BCUT2D eigenvalue weighted by Gasteiger charge is -2.26. The lowest BCUT2D eigenvalue weighted by Crippen LogP contribution is -2.36. The molecule has 0 aliphatic heterocycles. The lowest BCUT2D eigenvalue weighted by molar-refractivity contribution is -0.144. The van der Waals surface area contributed by atoms with Crippen molar-refractivity contribution in [2.45, 2.75) is 31.8 Å². The van der Waals surface area contributed by atoms with Crippen LogP contribution in [0.1, 0.15) is 26.7 Å². The molecule has 0 heterocycles. The van der Waals surface area contributed by atoms with Gasteiger partial charge in [0, 0.05) is 0 Å². The highest BCUT2D eigenvalue weighted by Gasteiger charge is 2.49. The van der Waals surface area contributed by atoms with E-state index in [2.05, 4.69) is 4.74 Å². The van der Waals surface area contributed by atoms with Gasteiger partial charge in [-0.3, -0.25) is 9.36 Å². The molecule has 0 aromatic carbocycles. The minimum Gasteiger partial charge on any atom is -0.468 e. The first kappa shape index (κ1) is 12.6. The van der Waals surface area contributed by atoms with Gasteiger partial charge in [-0.2, -0.15) is 0 Å². The summed E-state index contributed by atoms with van der Waals surface area (Å²) in [7, 11) is -3.33. The quantitative estimate of drug-likeness (QED) is 0.532. The van der Waals surface area contributed by atoms with Crippen LogP contribution in [0.3, 0.4) is 0 Å². The standard InChI is InChI=1S/C7H15O5P/c1-4-5-7(2,6(8)12-3)13(9,10)11/h4-5H2,1-3H3,(H2,9,10,11). The molecular formula is C7H15O5P. The van der Waals surface area contributed by atoms with Crippen LogP contribution >= 0.6 is 7.60 Å². The van der Waals surface area contributed by atoms with Crippen LogP contribution < -0.4 is 0 Å². The lowest BCUT2D eigenvalue weighted by atomic mass is 10.1. The van der Waals surface area contributed by atoms with Gasteiger partial charge >= 0.3 is 13.6 Å². The summed E-state index contributed by atoms with van der Waals surface area (Å²) < 4.78 is 15.4. The molecule has 13 heavy (non-hydrogen) atoms. The van der Waals surface area contributed by atoms with Gasteiger partial charge < -0.3 is 14.5 Å². The molecule has 1 unspecified atom stereocenters. The van der Waals surface area contributed by atoms with Gasteiger partial charge in [-0.15, -0.1) is 0 Å². The van der Waals surface area contributed by atoms with Crippen LogP contribution in [0.25, 0.3) is 0 Å². The second-order valence-electron chi connectivity index (χ2n) is 3.06. The minimum atomic E-state index is -4.45. The van der Waals surface area contributed by atoms with Gasteiger partial charge in [0.2, 0.25) is 0 Å². The summed E-state index contributed by atoms with van der Waals surface area (Å²) in [6.45, 7) is 2.97. The molecule has 0 aromatic rings. The number of ether oxygens (including phenoxy) is 1. The maximum atomic E-state index is 11.2. The molecule has 0 aliphatic rings. The van der Waals surface area contributed by atoms with E-state index < -0.39 is 18.7 Å². The predicted octanol–water partition coefficient (Wildman–Crippen LogP) is 0.896. The predicted molar refractivity (Wildman–Crippen MR) is 47.4 cm³/mol. The molecule has 0 spiro atoms. The highest BCUT2D eigenvalue weighted by atomic mass is 31.2. The first-order chi connectivity index (χ1) is 5.79. The van der Waals surface area contributed by atoms with Crippen LogP contribution in [-0.4, -0.2) is 28.0 Å². The number of carbonyl (C=O) groups excluding carboxylic acids is 1. The largest absolute Gasteiger partial charge is 0.468 e. The van der Waals surface area contributed by atoms with E-state index in [4.69, 9.17) is 9.79 Å². The first-order valence-electron chi connectivity index (χ1n) is 3.93. The van der Waals surface area contributed by atoms with Gasteiger partial charge in [-0.25, -0.2) is 0 Å². The molecule has 2 N–H and O–H groups in total. The summed E-state index contributed by atoms with van der Waals surface area (Å²) >= 11 is 0. The third-order valence-electron chi connectivity index (χ3n) is 2.00. The normalized spacial score (nSPS) is 16.4. The zero-order valence-corrected chi connectivity index (χ0v) is 8.88. The summed E-state index contributed by atoms with van der Waals surface area (Å²) in [6, 6.07) is 0. The Kier molecular flexibility index (Phi) is 4.10. The summed E-state index contributed by atoms with van der Waals surface area (Å²) in [5.74, 6) is -0.859. The van der Waals surface area contributed by atoms with E-state index in [1.165, 1.54) is 6.92 Å². The van der Waals surface area contributed by atoms with Gasteiger partial charge in [0.05, 0.1) is 7.11 Å². The van der Waals surface area contributed by atoms with Crippen LogP contribution in [-0.2, 0) is 14.1 Å². The van der Waals surface area contributed by atoms with Gasteiger partial charge in [0.1, 0.15) is 0 Å². The molecule has 0 bridgehead atoms. The van der Waals surface area contributed by atoms with Gasteiger partial charge in [-0.05, 0) is 13.3 Å². The summed E-state index contributed by atoms with van der Waals surface area (Å²) in [5, 5.41) is -1.70. The first-order valence-corrected chi connectivity index (χ1v) is 5.55. The van der Waals surface area contributed by atoms with E-state index in [-0.39, 0.29) is 6.42 Å². The zero-order chi connectivity index (χ0) is 10.7. The fourth-order valence-corrected chi connectivity index (χ4v) is 1.92. The van der Waals surface area contributed by atoms with Crippen molar-refractivity contribution in [2.24, 2.45) is 0 Å². The van der Waals surface area contributed by atoms with E-state index in [1.807, 2.05) is 0 Å². The topological polar surface area (TPSA) is 83.8 Å². The van der Waals surface area contributed by atoms with E-state index in [0.717, 1.165) is 7.11 Å². The fraction of sp³-hybridized carbons (Fsp3) is 0.857.